The van der Waals surface area contributed by atoms with E-state index in [1.807, 2.05) is 54.6 Å². The van der Waals surface area contributed by atoms with Crippen LogP contribution in [0.25, 0.3) is 0 Å². The lowest BCUT2D eigenvalue weighted by atomic mass is 9.99. The summed E-state index contributed by atoms with van der Waals surface area (Å²) in [6, 6.07) is 30.7. The van der Waals surface area contributed by atoms with Gasteiger partial charge < -0.3 is 5.32 Å². The topological polar surface area (TPSA) is 41.1 Å². The molecule has 0 heterocycles. The highest BCUT2D eigenvalue weighted by Crippen LogP contribution is 2.21. The number of nitrogens with one attached hydrogen (secondary N) is 2. The first-order valence-corrected chi connectivity index (χ1v) is 9.39. The highest BCUT2D eigenvalue weighted by molar-refractivity contribution is 5.78. The van der Waals surface area contributed by atoms with Gasteiger partial charge in [-0.15, -0.1) is 0 Å². The van der Waals surface area contributed by atoms with E-state index in [4.69, 9.17) is 0 Å². The van der Waals surface area contributed by atoms with Crippen LogP contribution in [0.3, 0.4) is 0 Å². The predicted molar refractivity (Wildman–Crippen MR) is 111 cm³/mol. The fourth-order valence-electron chi connectivity index (χ4n) is 3.14. The van der Waals surface area contributed by atoms with Crippen LogP contribution < -0.4 is 10.6 Å². The standard InChI is InChI=1S/C24H26N2O/c1-19(20-11-5-2-6-12-20)17-25-23(27)18-26-24(21-13-7-3-8-14-21)22-15-9-4-10-16-22/h2-16,19,24,26H,17-18H2,1H3,(H,25,27)/t19-/m1/s1. The first-order chi connectivity index (χ1) is 13.2. The van der Waals surface area contributed by atoms with Gasteiger partial charge in [0.15, 0.2) is 0 Å². The molecule has 3 aromatic rings. The van der Waals surface area contributed by atoms with Gasteiger partial charge >= 0.3 is 0 Å². The fourth-order valence-corrected chi connectivity index (χ4v) is 3.14. The predicted octanol–water partition coefficient (Wildman–Crippen LogP) is 4.29. The van der Waals surface area contributed by atoms with Gasteiger partial charge in [-0.25, -0.2) is 0 Å². The van der Waals surface area contributed by atoms with Crippen LogP contribution in [-0.4, -0.2) is 19.0 Å². The molecule has 0 aliphatic heterocycles. The zero-order chi connectivity index (χ0) is 18.9. The second-order valence-corrected chi connectivity index (χ2v) is 6.75. The van der Waals surface area contributed by atoms with E-state index in [0.29, 0.717) is 6.54 Å². The Labute approximate surface area is 161 Å². The molecule has 0 saturated carbocycles. The summed E-state index contributed by atoms with van der Waals surface area (Å²) in [6.07, 6.45) is 0. The molecule has 3 heteroatoms. The Morgan fingerprint density at radius 3 is 1.67 bits per heavy atom. The molecule has 138 valence electrons. The molecule has 0 bridgehead atoms. The summed E-state index contributed by atoms with van der Waals surface area (Å²) >= 11 is 0. The monoisotopic (exact) mass is 358 g/mol. The van der Waals surface area contributed by atoms with E-state index < -0.39 is 0 Å². The first kappa shape index (κ1) is 18.9. The molecular weight excluding hydrogens is 332 g/mol. The zero-order valence-corrected chi connectivity index (χ0v) is 15.6. The molecule has 3 aromatic carbocycles. The van der Waals surface area contributed by atoms with Crippen LogP contribution in [0.15, 0.2) is 91.0 Å². The summed E-state index contributed by atoms with van der Waals surface area (Å²) in [5.41, 5.74) is 3.53. The fraction of sp³-hybridized carbons (Fsp3) is 0.208. The number of carbonyl (C=O) groups is 1. The van der Waals surface area contributed by atoms with Crippen molar-refractivity contribution in [2.24, 2.45) is 0 Å². The third-order valence-corrected chi connectivity index (χ3v) is 4.71. The van der Waals surface area contributed by atoms with E-state index in [1.54, 1.807) is 0 Å². The molecule has 27 heavy (non-hydrogen) atoms. The summed E-state index contributed by atoms with van der Waals surface area (Å²) in [6.45, 7) is 3.03. The second-order valence-electron chi connectivity index (χ2n) is 6.75. The highest BCUT2D eigenvalue weighted by atomic mass is 16.1. The van der Waals surface area contributed by atoms with Crippen LogP contribution in [0.1, 0.15) is 35.6 Å². The van der Waals surface area contributed by atoms with Gasteiger partial charge in [0.25, 0.3) is 0 Å². The Morgan fingerprint density at radius 1 is 0.741 bits per heavy atom. The summed E-state index contributed by atoms with van der Waals surface area (Å²) in [4.78, 5) is 12.4. The van der Waals surface area contributed by atoms with Crippen LogP contribution in [0.2, 0.25) is 0 Å². The van der Waals surface area contributed by atoms with E-state index in [0.717, 1.165) is 11.1 Å². The van der Waals surface area contributed by atoms with Crippen molar-refractivity contribution in [2.75, 3.05) is 13.1 Å². The Hall–Kier alpha value is -2.91. The van der Waals surface area contributed by atoms with Gasteiger partial charge in [-0.05, 0) is 22.6 Å². The minimum atomic E-state index is -0.00954. The van der Waals surface area contributed by atoms with Gasteiger partial charge in [0.1, 0.15) is 0 Å². The molecular formula is C24H26N2O. The maximum atomic E-state index is 12.4. The molecule has 3 nitrogen and oxygen atoms in total. The van der Waals surface area contributed by atoms with Gasteiger partial charge in [0, 0.05) is 6.54 Å². The van der Waals surface area contributed by atoms with Crippen LogP contribution in [0.4, 0.5) is 0 Å². The summed E-state index contributed by atoms with van der Waals surface area (Å²) in [5.74, 6) is 0.295. The van der Waals surface area contributed by atoms with E-state index in [-0.39, 0.29) is 24.4 Å². The molecule has 0 radical (unpaired) electrons. The number of amides is 1. The Bertz CT molecular complexity index is 779. The second kappa shape index (κ2) is 9.70. The molecule has 1 amide bonds. The molecule has 0 aliphatic carbocycles. The van der Waals surface area contributed by atoms with Gasteiger partial charge in [-0.3, -0.25) is 10.1 Å². The van der Waals surface area contributed by atoms with Gasteiger partial charge in [-0.2, -0.15) is 0 Å². The lowest BCUT2D eigenvalue weighted by molar-refractivity contribution is -0.120. The van der Waals surface area contributed by atoms with Crippen LogP contribution in [0, 0.1) is 0 Å². The first-order valence-electron chi connectivity index (χ1n) is 9.39. The third-order valence-electron chi connectivity index (χ3n) is 4.71. The zero-order valence-electron chi connectivity index (χ0n) is 15.6. The van der Waals surface area contributed by atoms with Crippen molar-refractivity contribution in [1.29, 1.82) is 0 Å². The molecule has 0 spiro atoms. The van der Waals surface area contributed by atoms with Gasteiger partial charge in [0.05, 0.1) is 12.6 Å². The lowest BCUT2D eigenvalue weighted by Gasteiger charge is -2.20. The highest BCUT2D eigenvalue weighted by Gasteiger charge is 2.15. The van der Waals surface area contributed by atoms with E-state index in [1.165, 1.54) is 5.56 Å². The quantitative estimate of drug-likeness (QED) is 0.631. The molecule has 0 saturated heterocycles. The number of benzene rings is 3. The van der Waals surface area contributed by atoms with Crippen molar-refractivity contribution >= 4 is 5.91 Å². The van der Waals surface area contributed by atoms with Crippen molar-refractivity contribution in [1.82, 2.24) is 10.6 Å². The van der Waals surface area contributed by atoms with Crippen molar-refractivity contribution in [2.45, 2.75) is 18.9 Å². The Kier molecular flexibility index (Phi) is 6.78. The molecule has 1 atom stereocenters. The maximum Gasteiger partial charge on any atom is 0.234 e. The summed E-state index contributed by atoms with van der Waals surface area (Å²) in [7, 11) is 0. The van der Waals surface area contributed by atoms with Crippen LogP contribution in [-0.2, 0) is 4.79 Å². The smallest absolute Gasteiger partial charge is 0.234 e. The third kappa shape index (κ3) is 5.53. The minimum absolute atomic E-state index is 0.00893. The van der Waals surface area contributed by atoms with Crippen molar-refractivity contribution < 1.29 is 4.79 Å². The van der Waals surface area contributed by atoms with Crippen molar-refractivity contribution in [3.63, 3.8) is 0 Å². The summed E-state index contributed by atoms with van der Waals surface area (Å²) in [5, 5.41) is 6.44. The summed E-state index contributed by atoms with van der Waals surface area (Å²) < 4.78 is 0. The largest absolute Gasteiger partial charge is 0.354 e. The maximum absolute atomic E-state index is 12.4. The number of hydrogen-bond donors (Lipinski definition) is 2. The van der Waals surface area contributed by atoms with Crippen LogP contribution >= 0.6 is 0 Å². The average Bonchev–Trinajstić information content (AvgIpc) is 2.74. The van der Waals surface area contributed by atoms with Gasteiger partial charge in [-0.1, -0.05) is 97.9 Å². The van der Waals surface area contributed by atoms with E-state index in [9.17, 15) is 4.79 Å². The normalized spacial score (nSPS) is 11.9. The molecule has 0 aliphatic rings. The van der Waals surface area contributed by atoms with E-state index >= 15 is 0 Å². The van der Waals surface area contributed by atoms with E-state index in [2.05, 4.69) is 54.0 Å². The molecule has 0 aromatic heterocycles. The lowest BCUT2D eigenvalue weighted by Crippen LogP contribution is -2.37. The average molecular weight is 358 g/mol. The van der Waals surface area contributed by atoms with Crippen LogP contribution in [0.5, 0.6) is 0 Å². The minimum Gasteiger partial charge on any atom is -0.354 e. The molecule has 0 unspecified atom stereocenters. The van der Waals surface area contributed by atoms with Gasteiger partial charge in [0.2, 0.25) is 5.91 Å². The molecule has 0 fully saturated rings. The van der Waals surface area contributed by atoms with Crippen molar-refractivity contribution in [3.05, 3.63) is 108 Å². The number of carbonyl (C=O) groups excluding carboxylic acids is 1. The number of rotatable bonds is 8. The Balaban J connectivity index is 1.58. The SMILES string of the molecule is C[C@H](CNC(=O)CNC(c1ccccc1)c1ccccc1)c1ccccc1. The molecule has 3 rings (SSSR count). The Morgan fingerprint density at radius 2 is 1.19 bits per heavy atom. The molecule has 2 N–H and O–H groups in total. The number of hydrogen-bond acceptors (Lipinski definition) is 2. The van der Waals surface area contributed by atoms with Crippen molar-refractivity contribution in [3.8, 4) is 0 Å².